The first-order valence-corrected chi connectivity index (χ1v) is 9.46. The zero-order valence-electron chi connectivity index (χ0n) is 13.7. The van der Waals surface area contributed by atoms with Crippen molar-refractivity contribution in [2.45, 2.75) is 49.8 Å². The number of benzene rings is 1. The Hall–Kier alpha value is -0.740. The molecule has 1 saturated carbocycles. The van der Waals surface area contributed by atoms with Crippen LogP contribution >= 0.6 is 27.5 Å². The van der Waals surface area contributed by atoms with Crippen molar-refractivity contribution in [2.24, 2.45) is 5.92 Å². The van der Waals surface area contributed by atoms with Crippen LogP contribution in [0, 0.1) is 5.92 Å². The molecule has 0 aromatic heterocycles. The van der Waals surface area contributed by atoms with Crippen LogP contribution in [0.2, 0.25) is 5.02 Å². The lowest BCUT2D eigenvalue weighted by molar-refractivity contribution is 0.0982. The number of hydrogen-bond acceptors (Lipinski definition) is 3. The van der Waals surface area contributed by atoms with Gasteiger partial charge in [0, 0.05) is 6.07 Å². The Morgan fingerprint density at radius 1 is 1.22 bits per heavy atom. The van der Waals surface area contributed by atoms with Crippen LogP contribution in [0.3, 0.4) is 0 Å². The van der Waals surface area contributed by atoms with Crippen LogP contribution in [0.5, 0.6) is 11.5 Å². The number of ketones is 1. The molecule has 0 heterocycles. The SMILES string of the molecule is COc1cc(C(=O)C(Br)CCC2CCCCC2)c(OC)cc1Cl. The predicted octanol–water partition coefficient (Wildman–Crippen LogP) is 5.66. The summed E-state index contributed by atoms with van der Waals surface area (Å²) in [6.07, 6.45) is 8.54. The van der Waals surface area contributed by atoms with E-state index in [0.29, 0.717) is 22.1 Å². The van der Waals surface area contributed by atoms with Crippen LogP contribution in [0.1, 0.15) is 55.3 Å². The van der Waals surface area contributed by atoms with Gasteiger partial charge in [-0.1, -0.05) is 59.6 Å². The molecule has 1 aliphatic rings. The maximum Gasteiger partial charge on any atom is 0.180 e. The van der Waals surface area contributed by atoms with Gasteiger partial charge in [0.05, 0.1) is 29.6 Å². The average Bonchev–Trinajstić information content (AvgIpc) is 2.59. The minimum absolute atomic E-state index is 0.0210. The van der Waals surface area contributed by atoms with E-state index in [0.717, 1.165) is 18.8 Å². The maximum absolute atomic E-state index is 12.8. The summed E-state index contributed by atoms with van der Waals surface area (Å²) in [4.78, 5) is 12.5. The first-order chi connectivity index (χ1) is 11.1. The van der Waals surface area contributed by atoms with Crippen LogP contribution in [-0.2, 0) is 0 Å². The standard InChI is InChI=1S/C18H24BrClO3/c1-22-16-11-15(20)17(23-2)10-13(16)18(21)14(19)9-8-12-6-4-3-5-7-12/h10-12,14H,3-9H2,1-2H3. The highest BCUT2D eigenvalue weighted by Crippen LogP contribution is 2.35. The zero-order valence-corrected chi connectivity index (χ0v) is 16.1. The summed E-state index contributed by atoms with van der Waals surface area (Å²) in [5.41, 5.74) is 0.513. The third kappa shape index (κ3) is 4.87. The molecule has 128 valence electrons. The number of hydrogen-bond donors (Lipinski definition) is 0. The highest BCUT2D eigenvalue weighted by atomic mass is 79.9. The molecule has 1 unspecified atom stereocenters. The first-order valence-electron chi connectivity index (χ1n) is 8.16. The van der Waals surface area contributed by atoms with Gasteiger partial charge in [-0.15, -0.1) is 0 Å². The largest absolute Gasteiger partial charge is 0.496 e. The van der Waals surface area contributed by atoms with Crippen molar-refractivity contribution in [1.29, 1.82) is 0 Å². The summed E-state index contributed by atoms with van der Waals surface area (Å²) >= 11 is 9.66. The highest BCUT2D eigenvalue weighted by Gasteiger charge is 2.24. The van der Waals surface area contributed by atoms with Crippen LogP contribution in [0.25, 0.3) is 0 Å². The van der Waals surface area contributed by atoms with Crippen LogP contribution in [0.15, 0.2) is 12.1 Å². The van der Waals surface area contributed by atoms with E-state index in [1.54, 1.807) is 19.2 Å². The highest BCUT2D eigenvalue weighted by molar-refractivity contribution is 9.10. The fraction of sp³-hybridized carbons (Fsp3) is 0.611. The fourth-order valence-electron chi connectivity index (χ4n) is 3.21. The number of Topliss-reactive ketones (excluding diaryl/α,β-unsaturated/α-hetero) is 1. The van der Waals surface area contributed by atoms with E-state index in [1.807, 2.05) is 0 Å². The second-order valence-electron chi connectivity index (χ2n) is 6.10. The van der Waals surface area contributed by atoms with Crippen molar-refractivity contribution in [3.05, 3.63) is 22.7 Å². The first kappa shape index (κ1) is 18.6. The van der Waals surface area contributed by atoms with Crippen molar-refractivity contribution in [3.8, 4) is 11.5 Å². The molecule has 0 bridgehead atoms. The third-order valence-electron chi connectivity index (χ3n) is 4.58. The van der Waals surface area contributed by atoms with Crippen molar-refractivity contribution >= 4 is 33.3 Å². The van der Waals surface area contributed by atoms with E-state index in [-0.39, 0.29) is 10.6 Å². The monoisotopic (exact) mass is 402 g/mol. The normalized spacial score (nSPS) is 16.9. The number of carbonyl (C=O) groups excluding carboxylic acids is 1. The number of methoxy groups -OCH3 is 2. The van der Waals surface area contributed by atoms with E-state index < -0.39 is 0 Å². The van der Waals surface area contributed by atoms with E-state index in [9.17, 15) is 4.79 Å². The molecule has 0 aliphatic heterocycles. The molecule has 1 aliphatic carbocycles. The average molecular weight is 404 g/mol. The van der Waals surface area contributed by atoms with Gasteiger partial charge in [-0.3, -0.25) is 4.79 Å². The van der Waals surface area contributed by atoms with E-state index in [4.69, 9.17) is 21.1 Å². The zero-order chi connectivity index (χ0) is 16.8. The van der Waals surface area contributed by atoms with Crippen molar-refractivity contribution < 1.29 is 14.3 Å². The number of ether oxygens (including phenoxy) is 2. The predicted molar refractivity (Wildman–Crippen MR) is 97.4 cm³/mol. The molecular formula is C18H24BrClO3. The molecule has 1 fully saturated rings. The van der Waals surface area contributed by atoms with Gasteiger partial charge in [-0.2, -0.15) is 0 Å². The maximum atomic E-state index is 12.8. The van der Waals surface area contributed by atoms with Gasteiger partial charge >= 0.3 is 0 Å². The minimum Gasteiger partial charge on any atom is -0.496 e. The van der Waals surface area contributed by atoms with Gasteiger partial charge < -0.3 is 9.47 Å². The fourth-order valence-corrected chi connectivity index (χ4v) is 3.95. The molecular weight excluding hydrogens is 380 g/mol. The van der Waals surface area contributed by atoms with Gasteiger partial charge in [-0.25, -0.2) is 0 Å². The Bertz CT molecular complexity index is 541. The molecule has 1 aromatic carbocycles. The summed E-state index contributed by atoms with van der Waals surface area (Å²) in [6.45, 7) is 0. The molecule has 2 rings (SSSR count). The Balaban J connectivity index is 2.05. The van der Waals surface area contributed by atoms with Gasteiger partial charge in [-0.05, 0) is 24.8 Å². The number of halogens is 2. The summed E-state index contributed by atoms with van der Waals surface area (Å²) in [6, 6.07) is 3.30. The van der Waals surface area contributed by atoms with Gasteiger partial charge in [0.1, 0.15) is 11.5 Å². The molecule has 3 nitrogen and oxygen atoms in total. The van der Waals surface area contributed by atoms with E-state index in [1.165, 1.54) is 39.2 Å². The molecule has 0 N–H and O–H groups in total. The number of carbonyl (C=O) groups is 1. The summed E-state index contributed by atoms with van der Waals surface area (Å²) in [5, 5.41) is 0.439. The minimum atomic E-state index is -0.204. The Kier molecular flexibility index (Phi) is 7.22. The second kappa shape index (κ2) is 8.93. The molecule has 1 aromatic rings. The molecule has 0 amide bonds. The molecule has 0 radical (unpaired) electrons. The van der Waals surface area contributed by atoms with Gasteiger partial charge in [0.15, 0.2) is 5.78 Å². The van der Waals surface area contributed by atoms with Gasteiger partial charge in [0.25, 0.3) is 0 Å². The van der Waals surface area contributed by atoms with Crippen molar-refractivity contribution in [2.75, 3.05) is 14.2 Å². The molecule has 0 spiro atoms. The lowest BCUT2D eigenvalue weighted by Gasteiger charge is -2.22. The topological polar surface area (TPSA) is 35.5 Å². The summed E-state index contributed by atoms with van der Waals surface area (Å²) in [5.74, 6) is 1.76. The van der Waals surface area contributed by atoms with Crippen LogP contribution in [0.4, 0.5) is 0 Å². The van der Waals surface area contributed by atoms with Crippen LogP contribution < -0.4 is 9.47 Å². The molecule has 5 heteroatoms. The van der Waals surface area contributed by atoms with E-state index >= 15 is 0 Å². The Labute approximate surface area is 151 Å². The van der Waals surface area contributed by atoms with Crippen molar-refractivity contribution in [3.63, 3.8) is 0 Å². The quantitative estimate of drug-likeness (QED) is 0.435. The summed E-state index contributed by atoms with van der Waals surface area (Å²) in [7, 11) is 3.08. The number of rotatable bonds is 7. The molecule has 23 heavy (non-hydrogen) atoms. The molecule has 0 saturated heterocycles. The Morgan fingerprint density at radius 3 is 2.48 bits per heavy atom. The second-order valence-corrected chi connectivity index (χ2v) is 7.61. The Morgan fingerprint density at radius 2 is 1.87 bits per heavy atom. The van der Waals surface area contributed by atoms with Gasteiger partial charge in [0.2, 0.25) is 0 Å². The third-order valence-corrected chi connectivity index (χ3v) is 5.75. The summed E-state index contributed by atoms with van der Waals surface area (Å²) < 4.78 is 10.5. The smallest absolute Gasteiger partial charge is 0.180 e. The molecule has 1 atom stereocenters. The lowest BCUT2D eigenvalue weighted by atomic mass is 9.85. The van der Waals surface area contributed by atoms with Crippen molar-refractivity contribution in [1.82, 2.24) is 0 Å². The lowest BCUT2D eigenvalue weighted by Crippen LogP contribution is -2.17. The number of alkyl halides is 1. The van der Waals surface area contributed by atoms with E-state index in [2.05, 4.69) is 15.9 Å². The van der Waals surface area contributed by atoms with Crippen LogP contribution in [-0.4, -0.2) is 24.8 Å².